The van der Waals surface area contributed by atoms with Crippen LogP contribution in [0.5, 0.6) is 0 Å². The Morgan fingerprint density at radius 1 is 0.833 bits per heavy atom. The normalized spacial score (nSPS) is 16.8. The first-order valence-corrected chi connectivity index (χ1v) is 13.1. The summed E-state index contributed by atoms with van der Waals surface area (Å²) < 4.78 is 11.0. The van der Waals surface area contributed by atoms with Crippen molar-refractivity contribution >= 4 is 18.0 Å². The summed E-state index contributed by atoms with van der Waals surface area (Å²) >= 11 is 0. The Morgan fingerprint density at radius 2 is 1.39 bits per heavy atom. The molecule has 0 radical (unpaired) electrons. The van der Waals surface area contributed by atoms with Crippen LogP contribution in [0.4, 0.5) is 4.79 Å². The topological polar surface area (TPSA) is 93.7 Å². The minimum atomic E-state index is -0.587. The number of carbonyl (C=O) groups excluding carboxylic acids is 3. The van der Waals surface area contributed by atoms with Crippen LogP contribution in [0.15, 0.2) is 30.3 Å². The second kappa shape index (κ2) is 14.2. The highest BCUT2D eigenvalue weighted by atomic mass is 16.6. The number of carbonyl (C=O) groups is 3. The Labute approximate surface area is 218 Å². The SMILES string of the molecule is CC(C)C[C@@H](C(=O)OCc1ccccc1)[C@@H](C)[C@@H](C)NC(=O)[C@H](C)[C@@H](C)[C@@H](C)NC(=O)OC(C)(C)C. The molecule has 2 amide bonds. The number of amides is 2. The molecule has 36 heavy (non-hydrogen) atoms. The molecule has 7 heteroatoms. The van der Waals surface area contributed by atoms with Gasteiger partial charge in [-0.05, 0) is 64.4 Å². The van der Waals surface area contributed by atoms with Gasteiger partial charge < -0.3 is 20.1 Å². The van der Waals surface area contributed by atoms with Gasteiger partial charge in [-0.2, -0.15) is 0 Å². The summed E-state index contributed by atoms with van der Waals surface area (Å²) in [6, 6.07) is 9.14. The molecule has 0 aromatic heterocycles. The first kappa shape index (κ1) is 31.5. The maximum Gasteiger partial charge on any atom is 0.407 e. The molecule has 6 atom stereocenters. The van der Waals surface area contributed by atoms with Gasteiger partial charge in [-0.15, -0.1) is 0 Å². The van der Waals surface area contributed by atoms with Crippen molar-refractivity contribution in [2.75, 3.05) is 0 Å². The molecule has 0 fully saturated rings. The minimum Gasteiger partial charge on any atom is -0.461 e. The maximum atomic E-state index is 13.1. The molecule has 0 heterocycles. The van der Waals surface area contributed by atoms with Gasteiger partial charge in [0.2, 0.25) is 5.91 Å². The van der Waals surface area contributed by atoms with Gasteiger partial charge >= 0.3 is 12.1 Å². The lowest BCUT2D eigenvalue weighted by Gasteiger charge is -2.32. The van der Waals surface area contributed by atoms with Crippen LogP contribution in [-0.4, -0.2) is 35.7 Å². The molecule has 0 unspecified atom stereocenters. The van der Waals surface area contributed by atoms with E-state index in [9.17, 15) is 14.4 Å². The number of hydrogen-bond acceptors (Lipinski definition) is 5. The number of ether oxygens (including phenoxy) is 2. The Kier molecular flexibility index (Phi) is 12.4. The molecule has 204 valence electrons. The second-order valence-electron chi connectivity index (χ2n) is 11.6. The highest BCUT2D eigenvalue weighted by Crippen LogP contribution is 2.26. The lowest BCUT2D eigenvalue weighted by molar-refractivity contribution is -0.153. The first-order chi connectivity index (χ1) is 16.6. The average molecular weight is 505 g/mol. The predicted molar refractivity (Wildman–Crippen MR) is 143 cm³/mol. The highest BCUT2D eigenvalue weighted by molar-refractivity contribution is 5.79. The van der Waals surface area contributed by atoms with Gasteiger partial charge in [0.1, 0.15) is 12.2 Å². The molecule has 0 spiro atoms. The molecule has 0 saturated carbocycles. The van der Waals surface area contributed by atoms with Gasteiger partial charge in [0.25, 0.3) is 0 Å². The summed E-state index contributed by atoms with van der Waals surface area (Å²) in [5, 5.41) is 5.93. The molecule has 0 aliphatic carbocycles. The van der Waals surface area contributed by atoms with Gasteiger partial charge in [-0.1, -0.05) is 65.0 Å². The number of benzene rings is 1. The third kappa shape index (κ3) is 11.0. The third-order valence-electron chi connectivity index (χ3n) is 6.78. The fraction of sp³-hybridized carbons (Fsp3) is 0.690. The van der Waals surface area contributed by atoms with Crippen molar-refractivity contribution in [2.24, 2.45) is 29.6 Å². The van der Waals surface area contributed by atoms with E-state index in [2.05, 4.69) is 24.5 Å². The third-order valence-corrected chi connectivity index (χ3v) is 6.78. The van der Waals surface area contributed by atoms with Crippen molar-refractivity contribution in [3.8, 4) is 0 Å². The molecule has 0 aliphatic heterocycles. The Balaban J connectivity index is 2.75. The number of alkyl carbamates (subject to hydrolysis) is 1. The van der Waals surface area contributed by atoms with Crippen LogP contribution in [-0.2, 0) is 25.7 Å². The van der Waals surface area contributed by atoms with Crippen molar-refractivity contribution in [1.82, 2.24) is 10.6 Å². The fourth-order valence-electron chi connectivity index (χ4n) is 4.00. The second-order valence-corrected chi connectivity index (χ2v) is 11.6. The lowest BCUT2D eigenvalue weighted by Crippen LogP contribution is -2.48. The molecule has 0 saturated heterocycles. The van der Waals surface area contributed by atoms with Crippen LogP contribution in [0.1, 0.15) is 81.2 Å². The monoisotopic (exact) mass is 504 g/mol. The smallest absolute Gasteiger partial charge is 0.407 e. The zero-order valence-electron chi connectivity index (χ0n) is 23.9. The summed E-state index contributed by atoms with van der Waals surface area (Å²) in [5.41, 5.74) is 0.358. The molecule has 1 rings (SSSR count). The average Bonchev–Trinajstić information content (AvgIpc) is 2.78. The number of hydrogen-bond donors (Lipinski definition) is 2. The Hall–Kier alpha value is -2.57. The van der Waals surface area contributed by atoms with E-state index in [4.69, 9.17) is 9.47 Å². The summed E-state index contributed by atoms with van der Waals surface area (Å²) in [7, 11) is 0. The standard InChI is InChI=1S/C29H48N2O5/c1-18(2)16-25(27(33)35-17-24-14-12-11-13-15-24)21(5)23(7)30-26(32)20(4)19(3)22(6)31-28(34)36-29(8,9)10/h11-15,18-23,25H,16-17H2,1-10H3,(H,30,32)(H,31,34)/t19-,20-,21+,22-,23-,25-/m1/s1. The zero-order valence-corrected chi connectivity index (χ0v) is 23.9. The van der Waals surface area contributed by atoms with Crippen LogP contribution < -0.4 is 10.6 Å². The lowest BCUT2D eigenvalue weighted by atomic mass is 9.82. The van der Waals surface area contributed by atoms with Crippen molar-refractivity contribution in [1.29, 1.82) is 0 Å². The fourth-order valence-corrected chi connectivity index (χ4v) is 4.00. The van der Waals surface area contributed by atoms with Crippen LogP contribution in [0.2, 0.25) is 0 Å². The van der Waals surface area contributed by atoms with Crippen LogP contribution in [0, 0.1) is 29.6 Å². The summed E-state index contributed by atoms with van der Waals surface area (Å²) in [6.45, 7) is 19.4. The van der Waals surface area contributed by atoms with Gasteiger partial charge in [0.15, 0.2) is 0 Å². The van der Waals surface area contributed by atoms with E-state index in [1.165, 1.54) is 0 Å². The highest BCUT2D eigenvalue weighted by Gasteiger charge is 2.34. The van der Waals surface area contributed by atoms with E-state index in [1.54, 1.807) is 0 Å². The Morgan fingerprint density at radius 3 is 1.92 bits per heavy atom. The van der Waals surface area contributed by atoms with Gasteiger partial charge in [0.05, 0.1) is 5.92 Å². The number of esters is 1. The summed E-state index contributed by atoms with van der Waals surface area (Å²) in [5.74, 6) is -0.953. The molecular formula is C29H48N2O5. The van der Waals surface area contributed by atoms with E-state index in [0.29, 0.717) is 12.3 Å². The molecule has 1 aromatic carbocycles. The minimum absolute atomic E-state index is 0.111. The van der Waals surface area contributed by atoms with E-state index in [1.807, 2.05) is 85.7 Å². The summed E-state index contributed by atoms with van der Waals surface area (Å²) in [6.07, 6.45) is 0.180. The van der Waals surface area contributed by atoms with Crippen molar-refractivity contribution < 1.29 is 23.9 Å². The van der Waals surface area contributed by atoms with Crippen molar-refractivity contribution in [2.45, 2.75) is 99.9 Å². The predicted octanol–water partition coefficient (Wildman–Crippen LogP) is 5.72. The molecule has 7 nitrogen and oxygen atoms in total. The molecular weight excluding hydrogens is 456 g/mol. The van der Waals surface area contributed by atoms with Crippen LogP contribution >= 0.6 is 0 Å². The maximum absolute atomic E-state index is 13.1. The van der Waals surface area contributed by atoms with E-state index >= 15 is 0 Å². The molecule has 0 aliphatic rings. The van der Waals surface area contributed by atoms with E-state index in [0.717, 1.165) is 5.56 Å². The van der Waals surface area contributed by atoms with E-state index in [-0.39, 0.29) is 54.2 Å². The molecule has 2 N–H and O–H groups in total. The van der Waals surface area contributed by atoms with Crippen molar-refractivity contribution in [3.63, 3.8) is 0 Å². The number of rotatable bonds is 12. The molecule has 0 bridgehead atoms. The molecule has 1 aromatic rings. The van der Waals surface area contributed by atoms with Gasteiger partial charge in [-0.25, -0.2) is 4.79 Å². The van der Waals surface area contributed by atoms with Crippen LogP contribution in [0.25, 0.3) is 0 Å². The quantitative estimate of drug-likeness (QED) is 0.355. The zero-order chi connectivity index (χ0) is 27.6. The van der Waals surface area contributed by atoms with Crippen molar-refractivity contribution in [3.05, 3.63) is 35.9 Å². The van der Waals surface area contributed by atoms with Gasteiger partial charge in [-0.3, -0.25) is 9.59 Å². The number of nitrogens with one attached hydrogen (secondary N) is 2. The summed E-state index contributed by atoms with van der Waals surface area (Å²) in [4.78, 5) is 38.2. The van der Waals surface area contributed by atoms with E-state index < -0.39 is 11.7 Å². The first-order valence-electron chi connectivity index (χ1n) is 13.1. The Bertz CT molecular complexity index is 834. The van der Waals surface area contributed by atoms with Gasteiger partial charge in [0, 0.05) is 18.0 Å². The van der Waals surface area contributed by atoms with Crippen LogP contribution in [0.3, 0.4) is 0 Å². The largest absolute Gasteiger partial charge is 0.461 e.